The molecule has 0 unspecified atom stereocenters. The van der Waals surface area contributed by atoms with Gasteiger partial charge in [-0.05, 0) is 65.7 Å². The van der Waals surface area contributed by atoms with Crippen molar-refractivity contribution in [2.75, 3.05) is 7.05 Å². The molecule has 0 radical (unpaired) electrons. The van der Waals surface area contributed by atoms with Crippen molar-refractivity contribution in [3.05, 3.63) is 110 Å². The lowest BCUT2D eigenvalue weighted by Gasteiger charge is -2.18. The Labute approximate surface area is 225 Å². The van der Waals surface area contributed by atoms with Gasteiger partial charge in [0.1, 0.15) is 17.6 Å². The highest BCUT2D eigenvalue weighted by Crippen LogP contribution is 2.22. The summed E-state index contributed by atoms with van der Waals surface area (Å²) in [4.78, 5) is 26.1. The van der Waals surface area contributed by atoms with Gasteiger partial charge in [0.05, 0.1) is 12.2 Å². The molecule has 36 heavy (non-hydrogen) atoms. The van der Waals surface area contributed by atoms with Crippen LogP contribution in [0.15, 0.2) is 87.8 Å². The van der Waals surface area contributed by atoms with Crippen LogP contribution in [0.1, 0.15) is 21.6 Å². The summed E-state index contributed by atoms with van der Waals surface area (Å²) < 4.78 is 16.9. The summed E-state index contributed by atoms with van der Waals surface area (Å²) in [5.41, 5.74) is 3.32. The summed E-state index contributed by atoms with van der Waals surface area (Å²) in [6.07, 6.45) is 0.315. The number of carbonyl (C=O) groups is 2. The van der Waals surface area contributed by atoms with Crippen molar-refractivity contribution in [3.63, 3.8) is 0 Å². The molecule has 1 aromatic heterocycles. The minimum Gasteiger partial charge on any atom is -0.357 e. The van der Waals surface area contributed by atoms with Gasteiger partial charge in [0.15, 0.2) is 0 Å². The van der Waals surface area contributed by atoms with Crippen molar-refractivity contribution in [3.8, 4) is 11.3 Å². The van der Waals surface area contributed by atoms with Crippen molar-refractivity contribution in [2.24, 2.45) is 0 Å². The number of rotatable bonds is 8. The highest BCUT2D eigenvalue weighted by atomic mass is 79.9. The lowest BCUT2D eigenvalue weighted by atomic mass is 10.0. The summed E-state index contributed by atoms with van der Waals surface area (Å²) in [5, 5.41) is 10.1. The second kappa shape index (κ2) is 11.6. The number of benzene rings is 3. The second-order valence-corrected chi connectivity index (χ2v) is 10.0. The lowest BCUT2D eigenvalue weighted by Crippen LogP contribution is -2.47. The van der Waals surface area contributed by atoms with Gasteiger partial charge in [0.2, 0.25) is 5.91 Å². The molecule has 0 saturated heterocycles. The molecule has 2 amide bonds. The van der Waals surface area contributed by atoms with Crippen LogP contribution in [0.25, 0.3) is 11.3 Å². The van der Waals surface area contributed by atoms with E-state index in [1.807, 2.05) is 48.5 Å². The first-order valence-corrected chi connectivity index (χ1v) is 12.8. The average Bonchev–Trinajstić information content (AvgIpc) is 3.27. The van der Waals surface area contributed by atoms with Crippen LogP contribution in [-0.4, -0.2) is 34.7 Å². The number of nitrogens with one attached hydrogen (secondary N) is 2. The van der Waals surface area contributed by atoms with Crippen LogP contribution < -0.4 is 10.6 Å². The van der Waals surface area contributed by atoms with E-state index in [0.29, 0.717) is 24.2 Å². The maximum absolute atomic E-state index is 13.5. The van der Waals surface area contributed by atoms with Crippen molar-refractivity contribution in [2.45, 2.75) is 19.0 Å². The second-order valence-electron chi connectivity index (χ2n) is 8.18. The summed E-state index contributed by atoms with van der Waals surface area (Å²) in [6, 6.07) is 22.1. The molecular weight excluding hydrogens is 591 g/mol. The van der Waals surface area contributed by atoms with Gasteiger partial charge in [-0.3, -0.25) is 14.3 Å². The van der Waals surface area contributed by atoms with Gasteiger partial charge in [-0.1, -0.05) is 56.1 Å². The first-order valence-electron chi connectivity index (χ1n) is 11.2. The molecule has 0 spiro atoms. The van der Waals surface area contributed by atoms with Crippen molar-refractivity contribution < 1.29 is 14.0 Å². The monoisotopic (exact) mass is 612 g/mol. The number of hydrogen-bond donors (Lipinski definition) is 2. The molecule has 0 saturated carbocycles. The van der Waals surface area contributed by atoms with E-state index in [9.17, 15) is 14.0 Å². The Hall–Kier alpha value is -3.30. The average molecular weight is 614 g/mol. The van der Waals surface area contributed by atoms with E-state index in [1.54, 1.807) is 22.9 Å². The summed E-state index contributed by atoms with van der Waals surface area (Å²) in [6.45, 7) is 0.333. The van der Waals surface area contributed by atoms with Crippen molar-refractivity contribution in [1.82, 2.24) is 20.4 Å². The Bertz CT molecular complexity index is 1390. The first-order chi connectivity index (χ1) is 17.3. The fraction of sp³-hybridized carbons (Fsp3) is 0.148. The molecule has 3 aromatic carbocycles. The molecule has 6 nitrogen and oxygen atoms in total. The number of amides is 2. The maximum Gasteiger partial charge on any atom is 0.270 e. The molecule has 4 aromatic rings. The number of aromatic nitrogens is 2. The molecule has 184 valence electrons. The van der Waals surface area contributed by atoms with E-state index in [4.69, 9.17) is 0 Å². The number of hydrogen-bond acceptors (Lipinski definition) is 3. The zero-order chi connectivity index (χ0) is 25.7. The van der Waals surface area contributed by atoms with Gasteiger partial charge in [0, 0.05) is 28.0 Å². The molecule has 0 aliphatic rings. The largest absolute Gasteiger partial charge is 0.357 e. The third kappa shape index (κ3) is 6.47. The van der Waals surface area contributed by atoms with Gasteiger partial charge >= 0.3 is 0 Å². The van der Waals surface area contributed by atoms with Gasteiger partial charge < -0.3 is 10.6 Å². The summed E-state index contributed by atoms with van der Waals surface area (Å²) >= 11 is 6.92. The van der Waals surface area contributed by atoms with Crippen LogP contribution in [0.4, 0.5) is 4.39 Å². The topological polar surface area (TPSA) is 76.0 Å². The third-order valence-corrected chi connectivity index (χ3v) is 6.56. The molecule has 0 bridgehead atoms. The van der Waals surface area contributed by atoms with E-state index in [0.717, 1.165) is 20.1 Å². The van der Waals surface area contributed by atoms with Crippen LogP contribution in [-0.2, 0) is 17.8 Å². The van der Waals surface area contributed by atoms with Gasteiger partial charge in [-0.2, -0.15) is 5.10 Å². The number of likely N-dealkylation sites (N-methyl/N-ethyl adjacent to an activating group) is 1. The summed E-state index contributed by atoms with van der Waals surface area (Å²) in [7, 11) is 1.53. The number of nitrogens with zero attached hydrogens (tertiary/aromatic N) is 2. The molecule has 1 atom stereocenters. The summed E-state index contributed by atoms with van der Waals surface area (Å²) in [5.74, 6) is -1.10. The lowest BCUT2D eigenvalue weighted by molar-refractivity contribution is -0.122. The Morgan fingerprint density at radius 2 is 1.58 bits per heavy atom. The fourth-order valence-electron chi connectivity index (χ4n) is 3.81. The SMILES string of the molecule is CNC(=O)[C@H](Cc1cccc(Br)c1)NC(=O)c1cc(-c2ccc(F)cc2)nn1Cc1cccc(Br)c1. The molecule has 9 heteroatoms. The van der Waals surface area contributed by atoms with E-state index in [2.05, 4.69) is 47.6 Å². The Kier molecular flexibility index (Phi) is 8.32. The third-order valence-electron chi connectivity index (χ3n) is 5.57. The maximum atomic E-state index is 13.5. The smallest absolute Gasteiger partial charge is 0.270 e. The molecule has 2 N–H and O–H groups in total. The van der Waals surface area contributed by atoms with E-state index < -0.39 is 11.9 Å². The predicted octanol–water partition coefficient (Wildman–Crippen LogP) is 5.35. The zero-order valence-corrected chi connectivity index (χ0v) is 22.5. The normalized spacial score (nSPS) is 11.7. The van der Waals surface area contributed by atoms with Crippen LogP contribution >= 0.6 is 31.9 Å². The van der Waals surface area contributed by atoms with Crippen molar-refractivity contribution in [1.29, 1.82) is 0 Å². The fourth-order valence-corrected chi connectivity index (χ4v) is 4.70. The van der Waals surface area contributed by atoms with Gasteiger partial charge in [-0.25, -0.2) is 4.39 Å². The Morgan fingerprint density at radius 3 is 2.22 bits per heavy atom. The van der Waals surface area contributed by atoms with Crippen molar-refractivity contribution >= 4 is 43.7 Å². The quantitative estimate of drug-likeness (QED) is 0.281. The zero-order valence-electron chi connectivity index (χ0n) is 19.3. The molecular formula is C27H23Br2FN4O2. The molecule has 1 heterocycles. The molecule has 4 rings (SSSR count). The highest BCUT2D eigenvalue weighted by Gasteiger charge is 2.24. The van der Waals surface area contributed by atoms with Crippen LogP contribution in [0.3, 0.4) is 0 Å². The van der Waals surface area contributed by atoms with E-state index in [1.165, 1.54) is 19.2 Å². The molecule has 0 aliphatic heterocycles. The van der Waals surface area contributed by atoms with E-state index >= 15 is 0 Å². The van der Waals surface area contributed by atoms with Crippen LogP contribution in [0, 0.1) is 5.82 Å². The Morgan fingerprint density at radius 1 is 0.944 bits per heavy atom. The van der Waals surface area contributed by atoms with Gasteiger partial charge in [-0.15, -0.1) is 0 Å². The number of halogens is 3. The highest BCUT2D eigenvalue weighted by molar-refractivity contribution is 9.10. The minimum atomic E-state index is -0.791. The van der Waals surface area contributed by atoms with Crippen LogP contribution in [0.5, 0.6) is 0 Å². The minimum absolute atomic E-state index is 0.289. The first kappa shape index (κ1) is 25.8. The standard InChI is InChI=1S/C27H23Br2FN4O2/c1-31-26(35)24(14-17-4-2-6-20(28)12-17)32-27(36)25-15-23(19-8-10-22(30)11-9-19)33-34(25)16-18-5-3-7-21(29)13-18/h2-13,15,24H,14,16H2,1H3,(H,31,35)(H,32,36)/t24-/m0/s1. The van der Waals surface area contributed by atoms with E-state index in [-0.39, 0.29) is 17.4 Å². The Balaban J connectivity index is 1.66. The number of carbonyl (C=O) groups excluding carboxylic acids is 2. The molecule has 0 fully saturated rings. The predicted molar refractivity (Wildman–Crippen MR) is 144 cm³/mol. The molecule has 0 aliphatic carbocycles. The van der Waals surface area contributed by atoms with Gasteiger partial charge in [0.25, 0.3) is 5.91 Å². The van der Waals surface area contributed by atoms with Crippen LogP contribution in [0.2, 0.25) is 0 Å².